The SMILES string of the molecule is c1ccc(N(c2cccc3c2sc2ccccc23)c2ccc(N(c3ccccc3)c3ccccc3)c3c2sc2ccc4ncccc4c23)cc1. The summed E-state index contributed by atoms with van der Waals surface area (Å²) in [4.78, 5) is 9.66. The van der Waals surface area contributed by atoms with Gasteiger partial charge in [-0.25, -0.2) is 0 Å². The van der Waals surface area contributed by atoms with E-state index in [1.54, 1.807) is 0 Å². The summed E-state index contributed by atoms with van der Waals surface area (Å²) in [7, 11) is 0. The second-order valence-corrected chi connectivity index (χ2v) is 14.5. The van der Waals surface area contributed by atoms with Crippen LogP contribution in [0.15, 0.2) is 176 Å². The zero-order valence-corrected chi connectivity index (χ0v) is 28.5. The van der Waals surface area contributed by atoms with Crippen LogP contribution in [0.1, 0.15) is 0 Å². The first kappa shape index (κ1) is 29.0. The maximum absolute atomic E-state index is 4.80. The summed E-state index contributed by atoms with van der Waals surface area (Å²) in [5.74, 6) is 0. The lowest BCUT2D eigenvalue weighted by atomic mass is 10.0. The summed E-state index contributed by atoms with van der Waals surface area (Å²) in [5, 5.41) is 6.19. The van der Waals surface area contributed by atoms with Crippen molar-refractivity contribution in [3.63, 3.8) is 0 Å². The molecule has 236 valence electrons. The predicted molar refractivity (Wildman–Crippen MR) is 217 cm³/mol. The molecule has 0 saturated carbocycles. The summed E-state index contributed by atoms with van der Waals surface area (Å²) in [6.45, 7) is 0. The van der Waals surface area contributed by atoms with Crippen molar-refractivity contribution in [2.75, 3.05) is 9.80 Å². The van der Waals surface area contributed by atoms with Crippen molar-refractivity contribution >= 4 is 108 Å². The molecule has 0 amide bonds. The molecule has 0 bridgehead atoms. The maximum Gasteiger partial charge on any atom is 0.0709 e. The van der Waals surface area contributed by atoms with E-state index < -0.39 is 0 Å². The summed E-state index contributed by atoms with van der Waals surface area (Å²) in [5.41, 5.74) is 7.81. The van der Waals surface area contributed by atoms with E-state index in [0.717, 1.165) is 39.3 Å². The molecule has 0 unspecified atom stereocenters. The molecule has 7 aromatic carbocycles. The third-order valence-electron chi connectivity index (χ3n) is 9.47. The fourth-order valence-electron chi connectivity index (χ4n) is 7.33. The first-order valence-corrected chi connectivity index (χ1v) is 18.4. The zero-order chi connectivity index (χ0) is 33.0. The quantitative estimate of drug-likeness (QED) is 0.175. The van der Waals surface area contributed by atoms with Gasteiger partial charge in [0.15, 0.2) is 0 Å². The van der Waals surface area contributed by atoms with Gasteiger partial charge in [-0.2, -0.15) is 0 Å². The Balaban J connectivity index is 1.34. The molecule has 0 fully saturated rings. The minimum absolute atomic E-state index is 0.997. The molecule has 10 aromatic rings. The van der Waals surface area contributed by atoms with Gasteiger partial charge >= 0.3 is 0 Å². The number of thiophene rings is 2. The Kier molecular flexibility index (Phi) is 6.86. The minimum atomic E-state index is 0.997. The number of aromatic nitrogens is 1. The van der Waals surface area contributed by atoms with Gasteiger partial charge in [-0.15, -0.1) is 22.7 Å². The van der Waals surface area contributed by atoms with Crippen LogP contribution in [0, 0.1) is 0 Å². The van der Waals surface area contributed by atoms with Crippen LogP contribution in [-0.2, 0) is 0 Å². The normalized spacial score (nSPS) is 11.6. The lowest BCUT2D eigenvalue weighted by molar-refractivity contribution is 1.29. The number of hydrogen-bond acceptors (Lipinski definition) is 5. The third-order valence-corrected chi connectivity index (χ3v) is 11.9. The molecule has 0 N–H and O–H groups in total. The van der Waals surface area contributed by atoms with E-state index in [1.807, 2.05) is 28.9 Å². The number of fused-ring (bicyclic) bond motifs is 8. The lowest BCUT2D eigenvalue weighted by Crippen LogP contribution is -2.13. The van der Waals surface area contributed by atoms with Gasteiger partial charge in [0.2, 0.25) is 0 Å². The first-order chi connectivity index (χ1) is 24.8. The molecule has 0 saturated heterocycles. The van der Waals surface area contributed by atoms with Crippen LogP contribution in [0.4, 0.5) is 34.1 Å². The number of rotatable bonds is 6. The van der Waals surface area contributed by atoms with Gasteiger partial charge in [0.25, 0.3) is 0 Å². The largest absolute Gasteiger partial charge is 0.310 e. The molecule has 0 aliphatic heterocycles. The summed E-state index contributed by atoms with van der Waals surface area (Å²) in [6.07, 6.45) is 1.89. The Morgan fingerprint density at radius 1 is 0.360 bits per heavy atom. The Morgan fingerprint density at radius 2 is 0.940 bits per heavy atom. The topological polar surface area (TPSA) is 19.4 Å². The molecular weight excluding hydrogens is 647 g/mol. The molecule has 3 aromatic heterocycles. The second kappa shape index (κ2) is 11.8. The highest BCUT2D eigenvalue weighted by atomic mass is 32.1. The van der Waals surface area contributed by atoms with E-state index in [1.165, 1.54) is 46.0 Å². The molecule has 0 aliphatic carbocycles. The third kappa shape index (κ3) is 4.59. The van der Waals surface area contributed by atoms with E-state index in [9.17, 15) is 0 Å². The standard InChI is InChI=1S/C45H29N3S2/c1-4-14-30(15-5-1)47(31-16-6-2-7-17-31)37-26-27-39(45-43(37)42-35-22-13-29-46-36(35)25-28-41(42)50-45)48(32-18-8-3-9-19-32)38-23-12-21-34-33-20-10-11-24-40(33)49-44(34)38/h1-29H. The number of anilines is 6. The molecule has 0 atom stereocenters. The minimum Gasteiger partial charge on any atom is -0.310 e. The number of benzene rings is 7. The Morgan fingerprint density at radius 3 is 1.68 bits per heavy atom. The lowest BCUT2D eigenvalue weighted by Gasteiger charge is -2.30. The molecule has 10 rings (SSSR count). The fraction of sp³-hybridized carbons (Fsp3) is 0. The van der Waals surface area contributed by atoms with Crippen molar-refractivity contribution in [1.82, 2.24) is 4.98 Å². The summed E-state index contributed by atoms with van der Waals surface area (Å²) in [6, 6.07) is 61.0. The monoisotopic (exact) mass is 675 g/mol. The number of hydrogen-bond donors (Lipinski definition) is 0. The van der Waals surface area contributed by atoms with Crippen molar-refractivity contribution in [2.45, 2.75) is 0 Å². The molecule has 5 heteroatoms. The van der Waals surface area contributed by atoms with Crippen LogP contribution in [0.3, 0.4) is 0 Å². The van der Waals surface area contributed by atoms with Gasteiger partial charge in [-0.1, -0.05) is 91.0 Å². The van der Waals surface area contributed by atoms with Crippen molar-refractivity contribution < 1.29 is 0 Å². The van der Waals surface area contributed by atoms with E-state index in [0.29, 0.717) is 0 Å². The van der Waals surface area contributed by atoms with Gasteiger partial charge in [-0.3, -0.25) is 4.98 Å². The number of para-hydroxylation sites is 3. The molecule has 0 spiro atoms. The van der Waals surface area contributed by atoms with Crippen LogP contribution < -0.4 is 9.80 Å². The average molecular weight is 676 g/mol. The predicted octanol–water partition coefficient (Wildman–Crippen LogP) is 13.9. The number of nitrogens with zero attached hydrogens (tertiary/aromatic N) is 3. The first-order valence-electron chi connectivity index (χ1n) is 16.7. The van der Waals surface area contributed by atoms with Crippen molar-refractivity contribution in [3.8, 4) is 0 Å². The van der Waals surface area contributed by atoms with Gasteiger partial charge < -0.3 is 9.80 Å². The van der Waals surface area contributed by atoms with Gasteiger partial charge in [0.05, 0.1) is 32.0 Å². The van der Waals surface area contributed by atoms with Gasteiger partial charge in [0.1, 0.15) is 0 Å². The highest BCUT2D eigenvalue weighted by Crippen LogP contribution is 2.53. The highest BCUT2D eigenvalue weighted by Gasteiger charge is 2.26. The van der Waals surface area contributed by atoms with Crippen LogP contribution >= 0.6 is 22.7 Å². The van der Waals surface area contributed by atoms with E-state index in [-0.39, 0.29) is 0 Å². The second-order valence-electron chi connectivity index (χ2n) is 12.3. The summed E-state index contributed by atoms with van der Waals surface area (Å²) < 4.78 is 5.04. The summed E-state index contributed by atoms with van der Waals surface area (Å²) >= 11 is 3.73. The average Bonchev–Trinajstić information content (AvgIpc) is 3.77. The molecule has 3 heterocycles. The van der Waals surface area contributed by atoms with E-state index in [2.05, 4.69) is 180 Å². The molecule has 50 heavy (non-hydrogen) atoms. The highest BCUT2D eigenvalue weighted by molar-refractivity contribution is 7.27. The number of pyridine rings is 1. The van der Waals surface area contributed by atoms with Crippen LogP contribution in [-0.4, -0.2) is 4.98 Å². The van der Waals surface area contributed by atoms with Gasteiger partial charge in [-0.05, 0) is 78.9 Å². The Hall–Kier alpha value is -6.01. The smallest absolute Gasteiger partial charge is 0.0709 e. The molecular formula is C45H29N3S2. The van der Waals surface area contributed by atoms with Crippen LogP contribution in [0.25, 0.3) is 51.2 Å². The Bertz CT molecular complexity index is 2790. The fourth-order valence-corrected chi connectivity index (χ4v) is 9.78. The van der Waals surface area contributed by atoms with E-state index in [4.69, 9.17) is 4.98 Å². The van der Waals surface area contributed by atoms with Crippen molar-refractivity contribution in [2.24, 2.45) is 0 Å². The molecule has 0 radical (unpaired) electrons. The van der Waals surface area contributed by atoms with Crippen LogP contribution in [0.2, 0.25) is 0 Å². The maximum atomic E-state index is 4.80. The van der Waals surface area contributed by atoms with Crippen molar-refractivity contribution in [1.29, 1.82) is 0 Å². The molecule has 0 aliphatic rings. The van der Waals surface area contributed by atoms with E-state index >= 15 is 0 Å². The molecule has 3 nitrogen and oxygen atoms in total. The van der Waals surface area contributed by atoms with Gasteiger partial charge in [0, 0.05) is 59.6 Å². The van der Waals surface area contributed by atoms with Crippen LogP contribution in [0.5, 0.6) is 0 Å². The Labute approximate surface area is 297 Å². The van der Waals surface area contributed by atoms with Crippen molar-refractivity contribution in [3.05, 3.63) is 176 Å². The zero-order valence-electron chi connectivity index (χ0n) is 26.9.